The highest BCUT2D eigenvalue weighted by atomic mass is 32.2. The van der Waals surface area contributed by atoms with Crippen molar-refractivity contribution in [1.82, 2.24) is 19.4 Å². The molecule has 3 heterocycles. The molecule has 5 rings (SSSR count). The number of ether oxygens (including phenoxy) is 1. The molecule has 0 bridgehead atoms. The van der Waals surface area contributed by atoms with E-state index >= 15 is 0 Å². The maximum absolute atomic E-state index is 13.2. The second-order valence-electron chi connectivity index (χ2n) is 8.35. The van der Waals surface area contributed by atoms with Crippen LogP contribution in [0.5, 0.6) is 5.75 Å². The molecule has 1 unspecified atom stereocenters. The first-order valence-corrected chi connectivity index (χ1v) is 11.8. The molecular formula is C22H24N4O4S. The summed E-state index contributed by atoms with van der Waals surface area (Å²) in [6.45, 7) is 2.79. The number of aromatic nitrogens is 3. The van der Waals surface area contributed by atoms with Gasteiger partial charge in [0.1, 0.15) is 5.75 Å². The predicted octanol–water partition coefficient (Wildman–Crippen LogP) is 3.41. The van der Waals surface area contributed by atoms with Crippen LogP contribution < -0.4 is 4.74 Å². The summed E-state index contributed by atoms with van der Waals surface area (Å²) in [7, 11) is -1.96. The van der Waals surface area contributed by atoms with E-state index in [0.29, 0.717) is 41.0 Å². The molecule has 1 atom stereocenters. The van der Waals surface area contributed by atoms with Gasteiger partial charge in [-0.25, -0.2) is 8.42 Å². The molecule has 1 saturated heterocycles. The molecule has 0 radical (unpaired) electrons. The van der Waals surface area contributed by atoms with Crippen LogP contribution >= 0.6 is 0 Å². The Morgan fingerprint density at radius 1 is 1.23 bits per heavy atom. The zero-order valence-corrected chi connectivity index (χ0v) is 18.3. The van der Waals surface area contributed by atoms with Crippen LogP contribution in [0, 0.1) is 12.3 Å². The predicted molar refractivity (Wildman–Crippen MR) is 113 cm³/mol. The molecule has 1 aliphatic carbocycles. The van der Waals surface area contributed by atoms with Crippen molar-refractivity contribution in [2.24, 2.45) is 5.41 Å². The molecular weight excluding hydrogens is 416 g/mol. The van der Waals surface area contributed by atoms with Crippen molar-refractivity contribution in [3.8, 4) is 17.1 Å². The quantitative estimate of drug-likeness (QED) is 0.599. The average Bonchev–Trinajstić information content (AvgIpc) is 3.25. The van der Waals surface area contributed by atoms with Gasteiger partial charge in [0.05, 0.1) is 12.0 Å². The van der Waals surface area contributed by atoms with Gasteiger partial charge in [0, 0.05) is 37.0 Å². The number of hydrogen-bond donors (Lipinski definition) is 0. The summed E-state index contributed by atoms with van der Waals surface area (Å²) in [5.74, 6) is 2.03. The Morgan fingerprint density at radius 3 is 2.71 bits per heavy atom. The van der Waals surface area contributed by atoms with E-state index in [-0.39, 0.29) is 11.3 Å². The van der Waals surface area contributed by atoms with E-state index in [1.54, 1.807) is 48.9 Å². The minimum absolute atomic E-state index is 0.0553. The fraction of sp³-hybridized carbons (Fsp3) is 0.409. The lowest BCUT2D eigenvalue weighted by Gasteiger charge is -2.32. The third-order valence-corrected chi connectivity index (χ3v) is 8.63. The highest BCUT2D eigenvalue weighted by Gasteiger charge is 2.59. The number of nitrogens with zero attached hydrogens (tertiary/aromatic N) is 4. The fourth-order valence-electron chi connectivity index (χ4n) is 4.59. The van der Waals surface area contributed by atoms with E-state index in [9.17, 15) is 8.42 Å². The second-order valence-corrected chi connectivity index (χ2v) is 10.3. The van der Waals surface area contributed by atoms with Crippen LogP contribution in [0.1, 0.15) is 36.6 Å². The van der Waals surface area contributed by atoms with E-state index < -0.39 is 10.0 Å². The molecule has 1 spiro atoms. The van der Waals surface area contributed by atoms with Gasteiger partial charge in [0.2, 0.25) is 21.7 Å². The average molecular weight is 441 g/mol. The van der Waals surface area contributed by atoms with E-state index in [1.807, 2.05) is 12.1 Å². The molecule has 9 heteroatoms. The Bertz CT molecular complexity index is 1200. The van der Waals surface area contributed by atoms with Crippen molar-refractivity contribution in [3.63, 3.8) is 0 Å². The first-order chi connectivity index (χ1) is 14.9. The summed E-state index contributed by atoms with van der Waals surface area (Å²) in [5.41, 5.74) is 1.57. The summed E-state index contributed by atoms with van der Waals surface area (Å²) in [5, 5.41) is 4.10. The van der Waals surface area contributed by atoms with Crippen LogP contribution in [0.15, 0.2) is 52.1 Å². The SMILES string of the molecule is COc1ccc(S(=O)(=O)N2CCC3(CC2)CC3c2nc(-c3cccnc3)no2)c(C)c1. The van der Waals surface area contributed by atoms with Crippen molar-refractivity contribution >= 4 is 10.0 Å². The van der Waals surface area contributed by atoms with E-state index in [1.165, 1.54) is 0 Å². The van der Waals surface area contributed by atoms with Gasteiger partial charge in [0.25, 0.3) is 0 Å². The number of benzene rings is 1. The van der Waals surface area contributed by atoms with E-state index in [2.05, 4.69) is 15.1 Å². The topological polar surface area (TPSA) is 98.4 Å². The molecule has 0 N–H and O–H groups in total. The Labute approximate surface area is 181 Å². The van der Waals surface area contributed by atoms with Crippen LogP contribution in [0.2, 0.25) is 0 Å². The van der Waals surface area contributed by atoms with Crippen LogP contribution in [0.25, 0.3) is 11.4 Å². The number of piperidine rings is 1. The van der Waals surface area contributed by atoms with Gasteiger partial charge in [0.15, 0.2) is 0 Å². The number of rotatable bonds is 5. The van der Waals surface area contributed by atoms with Gasteiger partial charge in [-0.2, -0.15) is 9.29 Å². The molecule has 162 valence electrons. The number of hydrogen-bond acceptors (Lipinski definition) is 7. The Kier molecular flexibility index (Phi) is 4.82. The van der Waals surface area contributed by atoms with Gasteiger partial charge in [-0.05, 0) is 67.5 Å². The lowest BCUT2D eigenvalue weighted by Crippen LogP contribution is -2.39. The molecule has 31 heavy (non-hydrogen) atoms. The lowest BCUT2D eigenvalue weighted by molar-refractivity contribution is 0.242. The minimum Gasteiger partial charge on any atom is -0.497 e. The maximum Gasteiger partial charge on any atom is 0.243 e. The van der Waals surface area contributed by atoms with Gasteiger partial charge < -0.3 is 9.26 Å². The largest absolute Gasteiger partial charge is 0.497 e. The normalized spacial score (nSPS) is 20.6. The van der Waals surface area contributed by atoms with Gasteiger partial charge in [-0.15, -0.1) is 0 Å². The Balaban J connectivity index is 1.28. The highest BCUT2D eigenvalue weighted by Crippen LogP contribution is 2.64. The van der Waals surface area contributed by atoms with Crippen molar-refractivity contribution < 1.29 is 17.7 Å². The zero-order valence-electron chi connectivity index (χ0n) is 17.5. The van der Waals surface area contributed by atoms with Crippen LogP contribution in [-0.4, -0.2) is 48.0 Å². The third kappa shape index (κ3) is 3.51. The van der Waals surface area contributed by atoms with Crippen molar-refractivity contribution in [2.75, 3.05) is 20.2 Å². The molecule has 1 saturated carbocycles. The zero-order chi connectivity index (χ0) is 21.6. The van der Waals surface area contributed by atoms with Gasteiger partial charge in [-0.1, -0.05) is 5.16 Å². The number of sulfonamides is 1. The monoisotopic (exact) mass is 440 g/mol. The van der Waals surface area contributed by atoms with Crippen molar-refractivity contribution in [2.45, 2.75) is 37.0 Å². The smallest absolute Gasteiger partial charge is 0.243 e. The molecule has 2 aliphatic rings. The second kappa shape index (κ2) is 7.42. The van der Waals surface area contributed by atoms with Gasteiger partial charge in [-0.3, -0.25) is 4.98 Å². The van der Waals surface area contributed by atoms with E-state index in [0.717, 1.165) is 24.8 Å². The van der Waals surface area contributed by atoms with Crippen LogP contribution in [0.4, 0.5) is 0 Å². The first-order valence-electron chi connectivity index (χ1n) is 10.3. The van der Waals surface area contributed by atoms with Gasteiger partial charge >= 0.3 is 0 Å². The first kappa shape index (κ1) is 20.1. The van der Waals surface area contributed by atoms with Crippen molar-refractivity contribution in [3.05, 3.63) is 54.2 Å². The standard InChI is InChI=1S/C22H24N4O4S/c1-15-12-17(29-2)5-6-19(15)31(27,28)26-10-7-22(8-11-26)13-18(22)21-24-20(25-30-21)16-4-3-9-23-14-16/h3-6,9,12,14,18H,7-8,10-11,13H2,1-2H3. The molecule has 1 aliphatic heterocycles. The third-order valence-electron chi connectivity index (χ3n) is 6.57. The Hall–Kier alpha value is -2.78. The number of pyridine rings is 1. The minimum atomic E-state index is -3.53. The summed E-state index contributed by atoms with van der Waals surface area (Å²) < 4.78 is 38.7. The number of aryl methyl sites for hydroxylation is 1. The highest BCUT2D eigenvalue weighted by molar-refractivity contribution is 7.89. The molecule has 2 aromatic heterocycles. The van der Waals surface area contributed by atoms with E-state index in [4.69, 9.17) is 9.26 Å². The summed E-state index contributed by atoms with van der Waals surface area (Å²) >= 11 is 0. The fourth-order valence-corrected chi connectivity index (χ4v) is 6.23. The van der Waals surface area contributed by atoms with Crippen LogP contribution in [-0.2, 0) is 10.0 Å². The Morgan fingerprint density at radius 2 is 2.03 bits per heavy atom. The summed E-state index contributed by atoms with van der Waals surface area (Å²) in [6, 6.07) is 8.81. The molecule has 8 nitrogen and oxygen atoms in total. The van der Waals surface area contributed by atoms with Crippen LogP contribution in [0.3, 0.4) is 0 Å². The lowest BCUT2D eigenvalue weighted by atomic mass is 9.92. The maximum atomic E-state index is 13.2. The number of methoxy groups -OCH3 is 1. The molecule has 2 fully saturated rings. The molecule has 3 aromatic rings. The summed E-state index contributed by atoms with van der Waals surface area (Å²) in [6.07, 6.45) is 5.95. The summed E-state index contributed by atoms with van der Waals surface area (Å²) in [4.78, 5) is 9.01. The molecule has 1 aromatic carbocycles. The van der Waals surface area contributed by atoms with Crippen molar-refractivity contribution in [1.29, 1.82) is 0 Å². The molecule has 0 amide bonds.